The Bertz CT molecular complexity index is 626. The molecule has 3 N–H and O–H groups in total. The number of carbonyl (C=O) groups excluding carboxylic acids is 1. The van der Waals surface area contributed by atoms with E-state index in [-0.39, 0.29) is 40.7 Å². The van der Waals surface area contributed by atoms with E-state index in [1.807, 2.05) is 0 Å². The molecule has 1 aliphatic rings. The standard InChI is InChI=1S/C12H20N4O4S.ClH/c1-7-11(9(3)20-14-7)21(18,19)15-8(2)12(17)16-5-4-10(13)6-16;/h8,10,15H,4-6,13H2,1-3H3;1H/t8?,10-;/m1./s1. The predicted octanol–water partition coefficient (Wildman–Crippen LogP) is -0.0604. The van der Waals surface area contributed by atoms with Gasteiger partial charge in [-0.3, -0.25) is 4.79 Å². The minimum absolute atomic E-state index is 0. The molecule has 22 heavy (non-hydrogen) atoms. The first-order valence-electron chi connectivity index (χ1n) is 6.72. The second kappa shape index (κ2) is 6.95. The molecular formula is C12H21ClN4O4S. The van der Waals surface area contributed by atoms with Crippen molar-refractivity contribution in [2.45, 2.75) is 44.2 Å². The van der Waals surface area contributed by atoms with E-state index < -0.39 is 16.1 Å². The lowest BCUT2D eigenvalue weighted by Crippen LogP contribution is -2.46. The Morgan fingerprint density at radius 1 is 1.50 bits per heavy atom. The molecule has 2 rings (SSSR count). The molecule has 0 aromatic carbocycles. The fraction of sp³-hybridized carbons (Fsp3) is 0.667. The van der Waals surface area contributed by atoms with Crippen LogP contribution in [0.2, 0.25) is 0 Å². The second-order valence-electron chi connectivity index (χ2n) is 5.33. The Labute approximate surface area is 135 Å². The molecule has 0 spiro atoms. The number of likely N-dealkylation sites (tertiary alicyclic amines) is 1. The van der Waals surface area contributed by atoms with E-state index in [0.29, 0.717) is 13.1 Å². The molecule has 1 unspecified atom stereocenters. The van der Waals surface area contributed by atoms with E-state index in [1.165, 1.54) is 20.8 Å². The maximum absolute atomic E-state index is 12.3. The van der Waals surface area contributed by atoms with Crippen LogP contribution in [0.5, 0.6) is 0 Å². The second-order valence-corrected chi connectivity index (χ2v) is 6.98. The molecule has 2 atom stereocenters. The van der Waals surface area contributed by atoms with E-state index in [1.54, 1.807) is 4.90 Å². The van der Waals surface area contributed by atoms with Crippen LogP contribution in [-0.2, 0) is 14.8 Å². The van der Waals surface area contributed by atoms with Crippen molar-refractivity contribution in [2.24, 2.45) is 5.73 Å². The normalized spacial score (nSPS) is 19.8. The molecule has 0 bridgehead atoms. The third kappa shape index (κ3) is 3.78. The van der Waals surface area contributed by atoms with Gasteiger partial charge in [-0.25, -0.2) is 8.42 Å². The Balaban J connectivity index is 0.00000242. The van der Waals surface area contributed by atoms with Gasteiger partial charge in [-0.05, 0) is 27.2 Å². The fourth-order valence-corrected chi connectivity index (χ4v) is 3.99. The third-order valence-corrected chi connectivity index (χ3v) is 5.26. The number of rotatable bonds is 4. The largest absolute Gasteiger partial charge is 0.360 e. The number of hydrogen-bond donors (Lipinski definition) is 2. The maximum atomic E-state index is 12.3. The third-order valence-electron chi connectivity index (χ3n) is 3.48. The van der Waals surface area contributed by atoms with Crippen molar-refractivity contribution in [1.29, 1.82) is 0 Å². The van der Waals surface area contributed by atoms with Gasteiger partial charge in [0.15, 0.2) is 5.76 Å². The van der Waals surface area contributed by atoms with Crippen LogP contribution in [0, 0.1) is 13.8 Å². The van der Waals surface area contributed by atoms with Gasteiger partial charge in [0, 0.05) is 19.1 Å². The summed E-state index contributed by atoms with van der Waals surface area (Å²) in [4.78, 5) is 13.8. The number of nitrogens with one attached hydrogen (secondary N) is 1. The zero-order valence-electron chi connectivity index (χ0n) is 12.7. The summed E-state index contributed by atoms with van der Waals surface area (Å²) >= 11 is 0. The van der Waals surface area contributed by atoms with Gasteiger partial charge in [0.25, 0.3) is 0 Å². The molecule has 0 saturated carbocycles. The van der Waals surface area contributed by atoms with Gasteiger partial charge in [-0.15, -0.1) is 12.4 Å². The number of aromatic nitrogens is 1. The summed E-state index contributed by atoms with van der Waals surface area (Å²) in [6.07, 6.45) is 0.731. The summed E-state index contributed by atoms with van der Waals surface area (Å²) in [6.45, 7) is 5.58. The smallest absolute Gasteiger partial charge is 0.246 e. The monoisotopic (exact) mass is 352 g/mol. The van der Waals surface area contributed by atoms with Crippen molar-refractivity contribution in [3.05, 3.63) is 11.5 Å². The Hall–Kier alpha value is -1.16. The molecule has 0 radical (unpaired) electrons. The van der Waals surface area contributed by atoms with Crippen molar-refractivity contribution < 1.29 is 17.7 Å². The van der Waals surface area contributed by atoms with Crippen molar-refractivity contribution >= 4 is 28.3 Å². The van der Waals surface area contributed by atoms with Gasteiger partial charge in [-0.2, -0.15) is 4.72 Å². The highest BCUT2D eigenvalue weighted by atomic mass is 35.5. The summed E-state index contributed by atoms with van der Waals surface area (Å²) in [5, 5.41) is 3.62. The summed E-state index contributed by atoms with van der Waals surface area (Å²) in [7, 11) is -3.85. The molecule has 1 saturated heterocycles. The molecule has 2 heterocycles. The van der Waals surface area contributed by atoms with Crippen molar-refractivity contribution in [1.82, 2.24) is 14.8 Å². The number of nitrogens with two attached hydrogens (primary N) is 1. The molecular weight excluding hydrogens is 332 g/mol. The molecule has 10 heteroatoms. The van der Waals surface area contributed by atoms with Crippen LogP contribution in [-0.4, -0.2) is 49.6 Å². The van der Waals surface area contributed by atoms with Crippen LogP contribution < -0.4 is 10.5 Å². The van der Waals surface area contributed by atoms with Crippen LogP contribution >= 0.6 is 12.4 Å². The Kier molecular flexibility index (Phi) is 5.96. The molecule has 1 amide bonds. The number of sulfonamides is 1. The SMILES string of the molecule is Cc1noc(C)c1S(=O)(=O)NC(C)C(=O)N1CC[C@@H](N)C1.Cl. The molecule has 1 fully saturated rings. The number of aryl methyl sites for hydroxylation is 2. The molecule has 1 aromatic rings. The van der Waals surface area contributed by atoms with Gasteiger partial charge in [0.2, 0.25) is 15.9 Å². The highest BCUT2D eigenvalue weighted by Crippen LogP contribution is 2.19. The first-order chi connectivity index (χ1) is 9.72. The minimum atomic E-state index is -3.85. The van der Waals surface area contributed by atoms with Gasteiger partial charge in [0.05, 0.1) is 6.04 Å². The van der Waals surface area contributed by atoms with Gasteiger partial charge >= 0.3 is 0 Å². The van der Waals surface area contributed by atoms with E-state index in [9.17, 15) is 13.2 Å². The van der Waals surface area contributed by atoms with Crippen LogP contribution in [0.15, 0.2) is 9.42 Å². The lowest BCUT2D eigenvalue weighted by atomic mass is 10.3. The Morgan fingerprint density at radius 3 is 2.59 bits per heavy atom. The predicted molar refractivity (Wildman–Crippen MR) is 82.2 cm³/mol. The van der Waals surface area contributed by atoms with Gasteiger partial charge < -0.3 is 15.2 Å². The number of amides is 1. The van der Waals surface area contributed by atoms with Crippen molar-refractivity contribution in [3.8, 4) is 0 Å². The highest BCUT2D eigenvalue weighted by molar-refractivity contribution is 7.89. The van der Waals surface area contributed by atoms with Crippen molar-refractivity contribution in [3.63, 3.8) is 0 Å². The van der Waals surface area contributed by atoms with Gasteiger partial charge in [-0.1, -0.05) is 5.16 Å². The van der Waals surface area contributed by atoms with Crippen LogP contribution in [0.25, 0.3) is 0 Å². The van der Waals surface area contributed by atoms with Crippen molar-refractivity contribution in [2.75, 3.05) is 13.1 Å². The van der Waals surface area contributed by atoms with E-state index in [4.69, 9.17) is 10.3 Å². The highest BCUT2D eigenvalue weighted by Gasteiger charge is 2.32. The first kappa shape index (κ1) is 18.9. The summed E-state index contributed by atoms with van der Waals surface area (Å²) in [5.74, 6) is -0.0823. The maximum Gasteiger partial charge on any atom is 0.246 e. The zero-order chi connectivity index (χ0) is 15.8. The summed E-state index contributed by atoms with van der Waals surface area (Å²) in [6, 6.07) is -0.908. The number of carbonyl (C=O) groups is 1. The summed E-state index contributed by atoms with van der Waals surface area (Å²) < 4.78 is 31.9. The average molecular weight is 353 g/mol. The minimum Gasteiger partial charge on any atom is -0.360 e. The average Bonchev–Trinajstić information content (AvgIpc) is 2.94. The van der Waals surface area contributed by atoms with E-state index in [0.717, 1.165) is 6.42 Å². The molecule has 0 aliphatic carbocycles. The zero-order valence-corrected chi connectivity index (χ0v) is 14.3. The fourth-order valence-electron chi connectivity index (χ4n) is 2.46. The number of hydrogen-bond acceptors (Lipinski definition) is 6. The molecule has 1 aliphatic heterocycles. The van der Waals surface area contributed by atoms with E-state index in [2.05, 4.69) is 9.88 Å². The lowest BCUT2D eigenvalue weighted by molar-refractivity contribution is -0.131. The Morgan fingerprint density at radius 2 is 2.14 bits per heavy atom. The quantitative estimate of drug-likeness (QED) is 0.783. The summed E-state index contributed by atoms with van der Waals surface area (Å²) in [5.41, 5.74) is 6.02. The van der Waals surface area contributed by atoms with Crippen LogP contribution in [0.4, 0.5) is 0 Å². The molecule has 8 nitrogen and oxygen atoms in total. The van der Waals surface area contributed by atoms with Crippen LogP contribution in [0.1, 0.15) is 24.8 Å². The molecule has 1 aromatic heterocycles. The lowest BCUT2D eigenvalue weighted by Gasteiger charge is -2.21. The topological polar surface area (TPSA) is 119 Å². The van der Waals surface area contributed by atoms with E-state index >= 15 is 0 Å². The first-order valence-corrected chi connectivity index (χ1v) is 8.20. The van der Waals surface area contributed by atoms with Crippen LogP contribution in [0.3, 0.4) is 0 Å². The number of halogens is 1. The van der Waals surface area contributed by atoms with Gasteiger partial charge in [0.1, 0.15) is 10.6 Å². The number of nitrogens with zero attached hydrogens (tertiary/aromatic N) is 2. The molecule has 126 valence electrons.